The maximum atomic E-state index is 12.1. The molecule has 1 aromatic carbocycles. The van der Waals surface area contributed by atoms with Crippen molar-refractivity contribution < 1.29 is 9.63 Å². The van der Waals surface area contributed by atoms with Crippen LogP contribution in [0.4, 0.5) is 0 Å². The number of hydrogen-bond donors (Lipinski definition) is 0. The summed E-state index contributed by atoms with van der Waals surface area (Å²) >= 11 is 5.54. The second-order valence-electron chi connectivity index (χ2n) is 3.57. The number of benzene rings is 1. The van der Waals surface area contributed by atoms with Crippen molar-refractivity contribution in [2.45, 2.75) is 12.8 Å². The summed E-state index contributed by atoms with van der Waals surface area (Å²) in [5, 5.41) is 1.47. The summed E-state index contributed by atoms with van der Waals surface area (Å²) in [6.45, 7) is 1.32. The number of halogens is 2. The molecule has 0 unspecified atom stereocenters. The van der Waals surface area contributed by atoms with Crippen LogP contribution in [-0.4, -0.2) is 24.1 Å². The van der Waals surface area contributed by atoms with E-state index in [1.807, 2.05) is 18.2 Å². The molecule has 1 amide bonds. The van der Waals surface area contributed by atoms with Gasteiger partial charge in [0, 0.05) is 14.6 Å². The Morgan fingerprint density at radius 1 is 1.44 bits per heavy atom. The summed E-state index contributed by atoms with van der Waals surface area (Å²) in [5.74, 6) is -0.0506. The van der Waals surface area contributed by atoms with Crippen molar-refractivity contribution in [3.8, 4) is 0 Å². The summed E-state index contributed by atoms with van der Waals surface area (Å²) in [4.78, 5) is 17.5. The fourth-order valence-electron chi connectivity index (χ4n) is 1.55. The van der Waals surface area contributed by atoms with Crippen LogP contribution in [0.5, 0.6) is 0 Å². The van der Waals surface area contributed by atoms with Crippen LogP contribution >= 0.6 is 38.5 Å². The number of hydrogen-bond acceptors (Lipinski definition) is 2. The van der Waals surface area contributed by atoms with Gasteiger partial charge in [-0.3, -0.25) is 9.63 Å². The molecule has 1 saturated heterocycles. The molecule has 0 saturated carbocycles. The van der Waals surface area contributed by atoms with Gasteiger partial charge in [0.15, 0.2) is 0 Å². The Balaban J connectivity index is 2.22. The van der Waals surface area contributed by atoms with E-state index in [0.29, 0.717) is 18.7 Å². The number of carbonyl (C=O) groups excluding carboxylic acids is 1. The molecule has 1 aliphatic heterocycles. The van der Waals surface area contributed by atoms with Gasteiger partial charge in [0.25, 0.3) is 5.91 Å². The third-order valence-electron chi connectivity index (χ3n) is 2.39. The van der Waals surface area contributed by atoms with Crippen molar-refractivity contribution in [1.29, 1.82) is 0 Å². The molecule has 1 fully saturated rings. The second kappa shape index (κ2) is 5.46. The number of amides is 1. The van der Waals surface area contributed by atoms with E-state index in [1.165, 1.54) is 5.06 Å². The molecular formula is C11H11BrINO2. The molecule has 1 aliphatic rings. The van der Waals surface area contributed by atoms with E-state index in [2.05, 4.69) is 38.5 Å². The van der Waals surface area contributed by atoms with Gasteiger partial charge in [0.1, 0.15) is 0 Å². The van der Waals surface area contributed by atoms with Gasteiger partial charge in [-0.15, -0.1) is 0 Å². The maximum absolute atomic E-state index is 12.1. The first kappa shape index (κ1) is 12.3. The lowest BCUT2D eigenvalue weighted by Gasteiger charge is -2.26. The highest BCUT2D eigenvalue weighted by atomic mass is 127. The van der Waals surface area contributed by atoms with E-state index >= 15 is 0 Å². The predicted molar refractivity (Wildman–Crippen MR) is 73.1 cm³/mol. The van der Waals surface area contributed by atoms with Crippen molar-refractivity contribution >= 4 is 44.4 Å². The minimum atomic E-state index is -0.0506. The summed E-state index contributed by atoms with van der Waals surface area (Å²) in [6, 6.07) is 5.68. The normalized spacial score (nSPS) is 16.2. The number of carbonyl (C=O) groups is 1. The van der Waals surface area contributed by atoms with Crippen LogP contribution in [0.3, 0.4) is 0 Å². The lowest BCUT2D eigenvalue weighted by Crippen LogP contribution is -2.36. The van der Waals surface area contributed by atoms with Crippen LogP contribution in [-0.2, 0) is 4.84 Å². The maximum Gasteiger partial charge on any atom is 0.278 e. The van der Waals surface area contributed by atoms with Crippen molar-refractivity contribution in [1.82, 2.24) is 5.06 Å². The predicted octanol–water partition coefficient (Wildman–Crippen LogP) is 3.22. The zero-order valence-corrected chi connectivity index (χ0v) is 12.3. The zero-order valence-electron chi connectivity index (χ0n) is 8.58. The number of rotatable bonds is 1. The van der Waals surface area contributed by atoms with Gasteiger partial charge in [0.05, 0.1) is 12.2 Å². The van der Waals surface area contributed by atoms with Gasteiger partial charge in [-0.05, 0) is 53.6 Å². The van der Waals surface area contributed by atoms with Crippen LogP contribution in [0.1, 0.15) is 23.2 Å². The quantitative estimate of drug-likeness (QED) is 0.683. The van der Waals surface area contributed by atoms with Crippen LogP contribution < -0.4 is 0 Å². The largest absolute Gasteiger partial charge is 0.278 e. The Morgan fingerprint density at radius 2 is 2.25 bits per heavy atom. The molecule has 0 bridgehead atoms. The van der Waals surface area contributed by atoms with Gasteiger partial charge >= 0.3 is 0 Å². The van der Waals surface area contributed by atoms with Crippen molar-refractivity contribution in [3.63, 3.8) is 0 Å². The third kappa shape index (κ3) is 2.75. The molecule has 0 radical (unpaired) electrons. The molecule has 5 heteroatoms. The van der Waals surface area contributed by atoms with Crippen molar-refractivity contribution in [2.75, 3.05) is 13.2 Å². The summed E-state index contributed by atoms with van der Waals surface area (Å²) in [5.41, 5.74) is 0.692. The van der Waals surface area contributed by atoms with Crippen LogP contribution in [0.2, 0.25) is 0 Å². The van der Waals surface area contributed by atoms with E-state index in [1.54, 1.807) is 0 Å². The van der Waals surface area contributed by atoms with Crippen molar-refractivity contribution in [2.24, 2.45) is 0 Å². The Kier molecular flexibility index (Phi) is 4.21. The number of hydroxylamine groups is 2. The third-order valence-corrected chi connectivity index (χ3v) is 3.82. The van der Waals surface area contributed by atoms with Gasteiger partial charge < -0.3 is 0 Å². The molecular weight excluding hydrogens is 385 g/mol. The van der Waals surface area contributed by atoms with E-state index in [-0.39, 0.29) is 5.91 Å². The lowest BCUT2D eigenvalue weighted by molar-refractivity contribution is -0.144. The Labute approximate surface area is 116 Å². The first-order chi connectivity index (χ1) is 7.68. The average Bonchev–Trinajstić information content (AvgIpc) is 2.32. The highest BCUT2D eigenvalue weighted by molar-refractivity contribution is 14.1. The Bertz CT molecular complexity index is 405. The molecule has 2 rings (SSSR count). The van der Waals surface area contributed by atoms with Crippen molar-refractivity contribution in [3.05, 3.63) is 31.8 Å². The lowest BCUT2D eigenvalue weighted by atomic mass is 10.2. The molecule has 0 atom stereocenters. The first-order valence-electron chi connectivity index (χ1n) is 5.08. The van der Waals surface area contributed by atoms with E-state index in [4.69, 9.17) is 4.84 Å². The van der Waals surface area contributed by atoms with Crippen LogP contribution in [0.25, 0.3) is 0 Å². The van der Waals surface area contributed by atoms with Gasteiger partial charge in [-0.2, -0.15) is 0 Å². The van der Waals surface area contributed by atoms with Gasteiger partial charge in [-0.25, -0.2) is 5.06 Å². The SMILES string of the molecule is O=C(c1cc(Br)ccc1I)N1CCCCO1. The van der Waals surface area contributed by atoms with Crippen LogP contribution in [0, 0.1) is 3.57 Å². The van der Waals surface area contributed by atoms with Gasteiger partial charge in [0.2, 0.25) is 0 Å². The van der Waals surface area contributed by atoms with E-state index < -0.39 is 0 Å². The molecule has 0 spiro atoms. The Morgan fingerprint density at radius 3 is 2.94 bits per heavy atom. The number of nitrogens with zero attached hydrogens (tertiary/aromatic N) is 1. The van der Waals surface area contributed by atoms with Gasteiger partial charge in [-0.1, -0.05) is 15.9 Å². The molecule has 0 aliphatic carbocycles. The monoisotopic (exact) mass is 395 g/mol. The molecule has 3 nitrogen and oxygen atoms in total. The fourth-order valence-corrected chi connectivity index (χ4v) is 2.48. The fraction of sp³-hybridized carbons (Fsp3) is 0.364. The zero-order chi connectivity index (χ0) is 11.5. The Hall–Kier alpha value is -0.140. The van der Waals surface area contributed by atoms with E-state index in [0.717, 1.165) is 20.9 Å². The highest BCUT2D eigenvalue weighted by Gasteiger charge is 2.21. The summed E-state index contributed by atoms with van der Waals surface area (Å²) in [7, 11) is 0. The summed E-state index contributed by atoms with van der Waals surface area (Å²) in [6.07, 6.45) is 2.04. The highest BCUT2D eigenvalue weighted by Crippen LogP contribution is 2.21. The molecule has 16 heavy (non-hydrogen) atoms. The van der Waals surface area contributed by atoms with E-state index in [9.17, 15) is 4.79 Å². The van der Waals surface area contributed by atoms with Crippen LogP contribution in [0.15, 0.2) is 22.7 Å². The molecule has 1 aromatic rings. The minimum Gasteiger partial charge on any atom is -0.271 e. The first-order valence-corrected chi connectivity index (χ1v) is 6.95. The summed E-state index contributed by atoms with van der Waals surface area (Å²) < 4.78 is 1.85. The molecule has 86 valence electrons. The smallest absolute Gasteiger partial charge is 0.271 e. The topological polar surface area (TPSA) is 29.5 Å². The molecule has 0 N–H and O–H groups in total. The average molecular weight is 396 g/mol. The minimum absolute atomic E-state index is 0.0506. The standard InChI is InChI=1S/C11H11BrINO2/c12-8-3-4-10(13)9(7-8)11(15)14-5-1-2-6-16-14/h3-4,7H,1-2,5-6H2. The molecule has 1 heterocycles. The molecule has 0 aromatic heterocycles. The second-order valence-corrected chi connectivity index (χ2v) is 5.65.